The van der Waals surface area contributed by atoms with E-state index in [0.29, 0.717) is 0 Å². The Morgan fingerprint density at radius 1 is 1.31 bits per heavy atom. The Morgan fingerprint density at radius 2 is 1.77 bits per heavy atom. The fourth-order valence-corrected chi connectivity index (χ4v) is 0.575. The summed E-state index contributed by atoms with van der Waals surface area (Å²) in [5.74, 6) is -1.05. The number of hydrogen-bond acceptors (Lipinski definition) is 4. The molecule has 0 aromatic rings. The summed E-state index contributed by atoms with van der Waals surface area (Å²) in [5, 5.41) is 0. The van der Waals surface area contributed by atoms with Gasteiger partial charge in [0.05, 0.1) is 15.9 Å². The molecule has 13 heavy (non-hydrogen) atoms. The molecule has 72 valence electrons. The Hall–Kier alpha value is -0.163. The van der Waals surface area contributed by atoms with E-state index in [-0.39, 0.29) is 18.9 Å². The van der Waals surface area contributed by atoms with Crippen molar-refractivity contribution in [3.05, 3.63) is 12.1 Å². The van der Waals surface area contributed by atoms with Crippen LogP contribution in [0.25, 0.3) is 0 Å². The molecule has 0 radical (unpaired) electrons. The Labute approximate surface area is 84.7 Å². The third kappa shape index (κ3) is 9.75. The van der Waals surface area contributed by atoms with Crippen LogP contribution in [0.15, 0.2) is 12.1 Å². The maximum atomic E-state index is 11.7. The molecule has 0 aromatic carbocycles. The minimum atomic E-state index is -4.55. The largest absolute Gasteiger partial charge is 1.00 e. The molecule has 0 rings (SSSR count). The van der Waals surface area contributed by atoms with E-state index in [0.717, 1.165) is 0 Å². The fraction of sp³-hybridized carbons (Fsp3) is 0.500. The van der Waals surface area contributed by atoms with Crippen molar-refractivity contribution >= 4 is 10.1 Å². The zero-order valence-corrected chi connectivity index (χ0v) is 7.41. The van der Waals surface area contributed by atoms with Crippen molar-refractivity contribution in [2.75, 3.05) is 12.4 Å². The van der Waals surface area contributed by atoms with Gasteiger partial charge >= 0.3 is 31.0 Å². The number of halogens is 3. The van der Waals surface area contributed by atoms with Gasteiger partial charge in [0.15, 0.2) is 0 Å². The van der Waals surface area contributed by atoms with E-state index in [9.17, 15) is 26.1 Å². The second-order valence-electron chi connectivity index (χ2n) is 1.64. The molecule has 0 aliphatic heterocycles. The maximum Gasteiger partial charge on any atom is 1.00 e. The molecule has 0 amide bonds. The van der Waals surface area contributed by atoms with Gasteiger partial charge < -0.3 is 9.29 Å². The van der Waals surface area contributed by atoms with Crippen molar-refractivity contribution < 1.29 is 49.7 Å². The second-order valence-corrected chi connectivity index (χ2v) is 3.17. The van der Waals surface area contributed by atoms with Crippen molar-refractivity contribution in [3.8, 4) is 0 Å². The number of rotatable bonds is 4. The van der Waals surface area contributed by atoms with E-state index in [1.807, 2.05) is 0 Å². The summed E-state index contributed by atoms with van der Waals surface area (Å²) in [5.41, 5.74) is 0. The van der Waals surface area contributed by atoms with E-state index in [2.05, 4.69) is 4.74 Å². The van der Waals surface area contributed by atoms with Crippen LogP contribution in [0, 0.1) is 0 Å². The molecular weight excluding hydrogens is 208 g/mol. The first-order valence-electron chi connectivity index (χ1n) is 2.60. The molecule has 0 atom stereocenters. The molecule has 0 N–H and O–H groups in total. The second kappa shape index (κ2) is 6.32. The van der Waals surface area contributed by atoms with E-state index < -0.39 is 34.6 Å². The molecule has 0 saturated carbocycles. The van der Waals surface area contributed by atoms with Gasteiger partial charge in [-0.05, 0) is 0 Å². The zero-order valence-electron chi connectivity index (χ0n) is 6.59. The Kier molecular flexibility index (Phi) is 7.44. The van der Waals surface area contributed by atoms with E-state index >= 15 is 0 Å². The summed E-state index contributed by atoms with van der Waals surface area (Å²) in [6.45, 7) is -0.922. The number of hydrogen-bond donors (Lipinski definition) is 0. The van der Waals surface area contributed by atoms with E-state index in [1.165, 1.54) is 0 Å². The molecule has 9 heteroatoms. The summed E-state index contributed by atoms with van der Waals surface area (Å²) >= 11 is 0. The standard InChI is InChI=1S/C4H5F3O4S.Li/c5-3(6)4(7)11-1-2-12(8,9)10;/h1-2H2,(H,8,9,10);/q;+1/p-1. The molecule has 0 bridgehead atoms. The van der Waals surface area contributed by atoms with Crippen LogP contribution in [0.4, 0.5) is 13.2 Å². The van der Waals surface area contributed by atoms with Crippen LogP contribution in [-0.4, -0.2) is 25.3 Å². The summed E-state index contributed by atoms with van der Waals surface area (Å²) in [4.78, 5) is 0. The average molecular weight is 212 g/mol. The van der Waals surface area contributed by atoms with Crippen LogP contribution in [0.1, 0.15) is 0 Å². The predicted molar refractivity (Wildman–Crippen MR) is 30.9 cm³/mol. The first-order chi connectivity index (χ1) is 5.33. The minimum absolute atomic E-state index is 0. The fourth-order valence-electron chi connectivity index (χ4n) is 0.288. The molecule has 0 unspecified atom stereocenters. The van der Waals surface area contributed by atoms with Gasteiger partial charge in [-0.25, -0.2) is 8.42 Å². The monoisotopic (exact) mass is 212 g/mol. The van der Waals surface area contributed by atoms with Crippen molar-refractivity contribution in [2.45, 2.75) is 0 Å². The molecule has 4 nitrogen and oxygen atoms in total. The third-order valence-electron chi connectivity index (χ3n) is 0.711. The van der Waals surface area contributed by atoms with Crippen molar-refractivity contribution in [1.82, 2.24) is 0 Å². The minimum Gasteiger partial charge on any atom is -0.748 e. The van der Waals surface area contributed by atoms with Crippen molar-refractivity contribution in [1.29, 1.82) is 0 Å². The van der Waals surface area contributed by atoms with Crippen LogP contribution in [-0.2, 0) is 14.9 Å². The van der Waals surface area contributed by atoms with E-state index in [4.69, 9.17) is 0 Å². The molecule has 0 saturated heterocycles. The normalized spacial score (nSPS) is 10.2. The van der Waals surface area contributed by atoms with Crippen molar-refractivity contribution in [3.63, 3.8) is 0 Å². The molecular formula is C4H4F3LiO4S. The number of ether oxygens (including phenoxy) is 1. The molecule has 0 aliphatic rings. The molecule has 0 spiro atoms. The predicted octanol–water partition coefficient (Wildman–Crippen LogP) is -2.41. The van der Waals surface area contributed by atoms with Gasteiger partial charge in [0, 0.05) is 0 Å². The van der Waals surface area contributed by atoms with Gasteiger partial charge in [-0.3, -0.25) is 0 Å². The first-order valence-corrected chi connectivity index (χ1v) is 4.18. The summed E-state index contributed by atoms with van der Waals surface area (Å²) in [7, 11) is -4.55. The van der Waals surface area contributed by atoms with Crippen LogP contribution in [0.5, 0.6) is 0 Å². The van der Waals surface area contributed by atoms with Crippen molar-refractivity contribution in [2.24, 2.45) is 0 Å². The van der Waals surface area contributed by atoms with Crippen LogP contribution in [0.3, 0.4) is 0 Å². The van der Waals surface area contributed by atoms with Crippen LogP contribution >= 0.6 is 0 Å². The smallest absolute Gasteiger partial charge is 0.748 e. The topological polar surface area (TPSA) is 66.4 Å². The maximum absolute atomic E-state index is 11.7. The summed E-state index contributed by atoms with van der Waals surface area (Å²) < 4.78 is 67.1. The molecule has 0 aliphatic carbocycles. The van der Waals surface area contributed by atoms with Gasteiger partial charge in [-0.2, -0.15) is 13.2 Å². The Morgan fingerprint density at radius 3 is 2.08 bits per heavy atom. The van der Waals surface area contributed by atoms with Crippen LogP contribution in [0.2, 0.25) is 0 Å². The van der Waals surface area contributed by atoms with Gasteiger partial charge in [-0.15, -0.1) is 0 Å². The quantitative estimate of drug-likeness (QED) is 0.295. The summed E-state index contributed by atoms with van der Waals surface area (Å²) in [6.07, 6.45) is -2.70. The first kappa shape index (κ1) is 15.3. The molecule has 0 aromatic heterocycles. The molecule has 0 fully saturated rings. The zero-order chi connectivity index (χ0) is 9.78. The SMILES string of the molecule is O=S(=O)([O-])CCOC(F)=C(F)F.[Li+]. The molecule has 0 heterocycles. The summed E-state index contributed by atoms with van der Waals surface area (Å²) in [6, 6.07) is -2.17. The van der Waals surface area contributed by atoms with Gasteiger partial charge in [-0.1, -0.05) is 0 Å². The van der Waals surface area contributed by atoms with Gasteiger partial charge in [0.2, 0.25) is 0 Å². The third-order valence-corrected chi connectivity index (χ3v) is 1.38. The van der Waals surface area contributed by atoms with Crippen LogP contribution < -0.4 is 18.9 Å². The average Bonchev–Trinajstić information content (AvgIpc) is 1.84. The van der Waals surface area contributed by atoms with E-state index in [1.54, 1.807) is 0 Å². The Bertz CT molecular complexity index is 271. The van der Waals surface area contributed by atoms with Gasteiger partial charge in [0.25, 0.3) is 0 Å². The van der Waals surface area contributed by atoms with Gasteiger partial charge in [0.1, 0.15) is 6.61 Å². The Balaban J connectivity index is 0.